The van der Waals surface area contributed by atoms with Gasteiger partial charge in [0.05, 0.1) is 11.4 Å². The van der Waals surface area contributed by atoms with Crippen LogP contribution < -0.4 is 5.73 Å². The monoisotopic (exact) mass is 138 g/mol. The topological polar surface area (TPSA) is 64.7 Å². The molecule has 1 aromatic heterocycles. The van der Waals surface area contributed by atoms with Crippen LogP contribution in [0.1, 0.15) is 18.3 Å². The summed E-state index contributed by atoms with van der Waals surface area (Å²) in [5.41, 5.74) is 7.10. The summed E-state index contributed by atoms with van der Waals surface area (Å²) in [6.07, 6.45) is 0.853. The number of hydrogen-bond donors (Lipinski definition) is 1. The highest BCUT2D eigenvalue weighted by Crippen LogP contribution is 2.00. The maximum Gasteiger partial charge on any atom is 0.240 e. The number of nitrogens with two attached hydrogens (primary N) is 1. The quantitative estimate of drug-likeness (QED) is 0.607. The van der Waals surface area contributed by atoms with Crippen molar-refractivity contribution in [1.29, 1.82) is 0 Å². The summed E-state index contributed by atoms with van der Waals surface area (Å²) in [6, 6.07) is 0. The van der Waals surface area contributed by atoms with Gasteiger partial charge in [0.15, 0.2) is 0 Å². The maximum absolute atomic E-state index is 5.32. The number of nitrogen functional groups attached to an aromatic ring is 1. The zero-order valence-corrected chi connectivity index (χ0v) is 6.13. The minimum atomic E-state index is 0.252. The Bertz CT molecular complexity index is 233. The van der Waals surface area contributed by atoms with Crippen LogP contribution in [0, 0.1) is 6.92 Å². The summed E-state index contributed by atoms with van der Waals surface area (Å²) in [7, 11) is 0. The average Bonchev–Trinajstić information content (AvgIpc) is 1.94. The molecule has 0 saturated heterocycles. The van der Waals surface area contributed by atoms with Crippen LogP contribution in [-0.4, -0.2) is 15.2 Å². The fourth-order valence-electron chi connectivity index (χ4n) is 0.760. The molecule has 0 aliphatic carbocycles. The smallest absolute Gasteiger partial charge is 0.240 e. The van der Waals surface area contributed by atoms with Crippen LogP contribution in [-0.2, 0) is 6.42 Å². The predicted molar refractivity (Wildman–Crippen MR) is 38.4 cm³/mol. The van der Waals surface area contributed by atoms with E-state index in [0.29, 0.717) is 0 Å². The zero-order valence-electron chi connectivity index (χ0n) is 6.13. The first-order valence-corrected chi connectivity index (χ1v) is 3.19. The normalized spacial score (nSPS) is 9.80. The molecule has 4 heteroatoms. The average molecular weight is 138 g/mol. The highest BCUT2D eigenvalue weighted by Gasteiger charge is 1.98. The first kappa shape index (κ1) is 6.92. The fourth-order valence-corrected chi connectivity index (χ4v) is 0.760. The van der Waals surface area contributed by atoms with Crippen LogP contribution in [0.2, 0.25) is 0 Å². The van der Waals surface area contributed by atoms with Gasteiger partial charge in [-0.25, -0.2) is 4.98 Å². The van der Waals surface area contributed by atoms with Gasteiger partial charge in [0.25, 0.3) is 0 Å². The third-order valence-corrected chi connectivity index (χ3v) is 1.30. The van der Waals surface area contributed by atoms with E-state index in [-0.39, 0.29) is 5.95 Å². The van der Waals surface area contributed by atoms with Crippen molar-refractivity contribution < 1.29 is 0 Å². The minimum Gasteiger partial charge on any atom is -0.366 e. The van der Waals surface area contributed by atoms with E-state index >= 15 is 0 Å². The SMILES string of the molecule is CCc1nc(N)nnc1C. The summed E-state index contributed by atoms with van der Waals surface area (Å²) >= 11 is 0. The van der Waals surface area contributed by atoms with E-state index in [1.165, 1.54) is 0 Å². The molecule has 1 aromatic rings. The Hall–Kier alpha value is -1.19. The molecule has 54 valence electrons. The summed E-state index contributed by atoms with van der Waals surface area (Å²) in [5.74, 6) is 0.252. The van der Waals surface area contributed by atoms with Gasteiger partial charge in [-0.05, 0) is 13.3 Å². The van der Waals surface area contributed by atoms with Crippen molar-refractivity contribution in [1.82, 2.24) is 15.2 Å². The van der Waals surface area contributed by atoms with Crippen LogP contribution >= 0.6 is 0 Å². The second-order valence-electron chi connectivity index (χ2n) is 2.06. The maximum atomic E-state index is 5.32. The third-order valence-electron chi connectivity index (χ3n) is 1.30. The molecule has 1 rings (SSSR count). The van der Waals surface area contributed by atoms with Crippen molar-refractivity contribution in [3.8, 4) is 0 Å². The lowest BCUT2D eigenvalue weighted by Crippen LogP contribution is -2.03. The molecule has 0 unspecified atom stereocenters. The standard InChI is InChI=1S/C6H10N4/c1-3-5-4(2)9-10-6(7)8-5/h3H2,1-2H3,(H2,7,8,10). The van der Waals surface area contributed by atoms with Gasteiger partial charge >= 0.3 is 0 Å². The van der Waals surface area contributed by atoms with Gasteiger partial charge in [0.1, 0.15) is 0 Å². The molecule has 0 fully saturated rings. The molecule has 0 radical (unpaired) electrons. The lowest BCUT2D eigenvalue weighted by Gasteiger charge is -1.98. The Kier molecular flexibility index (Phi) is 1.80. The number of nitrogens with zero attached hydrogens (tertiary/aromatic N) is 3. The second-order valence-corrected chi connectivity index (χ2v) is 2.06. The van der Waals surface area contributed by atoms with Gasteiger partial charge in [-0.2, -0.15) is 5.10 Å². The van der Waals surface area contributed by atoms with Gasteiger partial charge in [-0.3, -0.25) is 0 Å². The molecule has 10 heavy (non-hydrogen) atoms. The zero-order chi connectivity index (χ0) is 7.56. The minimum absolute atomic E-state index is 0.252. The van der Waals surface area contributed by atoms with Crippen molar-refractivity contribution in [2.75, 3.05) is 5.73 Å². The van der Waals surface area contributed by atoms with E-state index in [1.54, 1.807) is 0 Å². The number of aromatic nitrogens is 3. The second kappa shape index (κ2) is 2.60. The lowest BCUT2D eigenvalue weighted by molar-refractivity contribution is 0.872. The van der Waals surface area contributed by atoms with E-state index in [4.69, 9.17) is 5.73 Å². The highest BCUT2D eigenvalue weighted by molar-refractivity contribution is 5.18. The molecular formula is C6H10N4. The van der Waals surface area contributed by atoms with E-state index in [0.717, 1.165) is 17.8 Å². The van der Waals surface area contributed by atoms with Crippen molar-refractivity contribution in [2.45, 2.75) is 20.3 Å². The molecule has 0 saturated carbocycles. The molecule has 0 aromatic carbocycles. The van der Waals surface area contributed by atoms with E-state index < -0.39 is 0 Å². The summed E-state index contributed by atoms with van der Waals surface area (Å²) < 4.78 is 0. The Morgan fingerprint density at radius 2 is 2.10 bits per heavy atom. The molecule has 1 heterocycles. The van der Waals surface area contributed by atoms with Crippen molar-refractivity contribution in [2.24, 2.45) is 0 Å². The van der Waals surface area contributed by atoms with Crippen LogP contribution in [0.4, 0.5) is 5.95 Å². The Labute approximate surface area is 59.5 Å². The number of hydrogen-bond acceptors (Lipinski definition) is 4. The molecule has 0 spiro atoms. The molecule has 0 atom stereocenters. The Morgan fingerprint density at radius 3 is 2.60 bits per heavy atom. The summed E-state index contributed by atoms with van der Waals surface area (Å²) in [6.45, 7) is 3.88. The Morgan fingerprint density at radius 1 is 1.40 bits per heavy atom. The summed E-state index contributed by atoms with van der Waals surface area (Å²) in [5, 5.41) is 7.42. The van der Waals surface area contributed by atoms with Crippen molar-refractivity contribution >= 4 is 5.95 Å². The molecule has 0 amide bonds. The molecule has 0 bridgehead atoms. The van der Waals surface area contributed by atoms with E-state index in [9.17, 15) is 0 Å². The first-order valence-electron chi connectivity index (χ1n) is 3.19. The summed E-state index contributed by atoms with van der Waals surface area (Å²) in [4.78, 5) is 4.00. The Balaban J connectivity index is 3.09. The van der Waals surface area contributed by atoms with Crippen LogP contribution in [0.15, 0.2) is 0 Å². The van der Waals surface area contributed by atoms with Crippen LogP contribution in [0.3, 0.4) is 0 Å². The predicted octanol–water partition coefficient (Wildman–Crippen LogP) is 0.325. The van der Waals surface area contributed by atoms with Gasteiger partial charge in [-0.1, -0.05) is 6.92 Å². The van der Waals surface area contributed by atoms with E-state index in [1.807, 2.05) is 13.8 Å². The first-order chi connectivity index (χ1) is 4.74. The highest BCUT2D eigenvalue weighted by atomic mass is 15.2. The molecule has 4 nitrogen and oxygen atoms in total. The van der Waals surface area contributed by atoms with Gasteiger partial charge in [0.2, 0.25) is 5.95 Å². The van der Waals surface area contributed by atoms with E-state index in [2.05, 4.69) is 15.2 Å². The van der Waals surface area contributed by atoms with Crippen molar-refractivity contribution in [3.05, 3.63) is 11.4 Å². The largest absolute Gasteiger partial charge is 0.366 e. The number of anilines is 1. The third kappa shape index (κ3) is 1.21. The molecule has 0 aliphatic heterocycles. The van der Waals surface area contributed by atoms with Crippen LogP contribution in [0.5, 0.6) is 0 Å². The molecular weight excluding hydrogens is 128 g/mol. The van der Waals surface area contributed by atoms with Crippen LogP contribution in [0.25, 0.3) is 0 Å². The number of aryl methyl sites for hydroxylation is 2. The number of rotatable bonds is 1. The fraction of sp³-hybridized carbons (Fsp3) is 0.500. The lowest BCUT2D eigenvalue weighted by atomic mass is 10.3. The van der Waals surface area contributed by atoms with Gasteiger partial charge in [-0.15, -0.1) is 5.10 Å². The van der Waals surface area contributed by atoms with Gasteiger partial charge < -0.3 is 5.73 Å². The van der Waals surface area contributed by atoms with Crippen molar-refractivity contribution in [3.63, 3.8) is 0 Å². The molecule has 0 aliphatic rings. The van der Waals surface area contributed by atoms with Gasteiger partial charge in [0, 0.05) is 0 Å². The molecule has 2 N–H and O–H groups in total.